The van der Waals surface area contributed by atoms with Crippen molar-refractivity contribution in [3.05, 3.63) is 51.8 Å². The molecule has 1 aliphatic rings. The maximum atomic E-state index is 12.9. The summed E-state index contributed by atoms with van der Waals surface area (Å²) in [5, 5.41) is 0. The minimum atomic E-state index is -4.28. The molecule has 1 atom stereocenters. The number of anilines is 1. The molecule has 1 aromatic rings. The third-order valence-corrected chi connectivity index (χ3v) is 3.90. The van der Waals surface area contributed by atoms with Gasteiger partial charge >= 0.3 is 6.18 Å². The van der Waals surface area contributed by atoms with E-state index in [2.05, 4.69) is 22.6 Å². The summed E-state index contributed by atoms with van der Waals surface area (Å²) >= 11 is 2.12. The highest BCUT2D eigenvalue weighted by Gasteiger charge is 2.42. The molecule has 0 spiro atoms. The van der Waals surface area contributed by atoms with E-state index in [9.17, 15) is 13.2 Å². The first-order chi connectivity index (χ1) is 8.39. The minimum Gasteiger partial charge on any atom is -0.332 e. The Morgan fingerprint density at radius 1 is 1.22 bits per heavy atom. The summed E-state index contributed by atoms with van der Waals surface area (Å²) in [6.45, 7) is 1.93. The van der Waals surface area contributed by atoms with Gasteiger partial charge in [0.05, 0.1) is 0 Å². The number of benzene rings is 1. The molecule has 0 amide bonds. The van der Waals surface area contributed by atoms with Gasteiger partial charge in [0.25, 0.3) is 0 Å². The second-order valence-corrected chi connectivity index (χ2v) is 5.22. The van der Waals surface area contributed by atoms with Crippen molar-refractivity contribution in [1.29, 1.82) is 0 Å². The second-order valence-electron chi connectivity index (χ2n) is 4.05. The quantitative estimate of drug-likeness (QED) is 0.666. The van der Waals surface area contributed by atoms with E-state index in [1.165, 1.54) is 17.2 Å². The van der Waals surface area contributed by atoms with E-state index < -0.39 is 12.2 Å². The van der Waals surface area contributed by atoms with Crippen molar-refractivity contribution < 1.29 is 13.2 Å². The van der Waals surface area contributed by atoms with Gasteiger partial charge in [-0.25, -0.2) is 0 Å². The van der Waals surface area contributed by atoms with E-state index in [0.29, 0.717) is 5.69 Å². The Kier molecular flexibility index (Phi) is 3.70. The summed E-state index contributed by atoms with van der Waals surface area (Å²) in [6.07, 6.45) is 1.37. The van der Waals surface area contributed by atoms with Crippen molar-refractivity contribution in [3.63, 3.8) is 0 Å². The number of aryl methyl sites for hydroxylation is 1. The molecule has 0 bridgehead atoms. The topological polar surface area (TPSA) is 3.24 Å². The van der Waals surface area contributed by atoms with Gasteiger partial charge < -0.3 is 4.90 Å². The first kappa shape index (κ1) is 13.5. The van der Waals surface area contributed by atoms with Crippen LogP contribution in [0.5, 0.6) is 0 Å². The third kappa shape index (κ3) is 2.71. The highest BCUT2D eigenvalue weighted by Crippen LogP contribution is 2.32. The summed E-state index contributed by atoms with van der Waals surface area (Å²) in [4.78, 5) is 1.24. The molecule has 0 N–H and O–H groups in total. The van der Waals surface area contributed by atoms with Crippen LogP contribution in [0.15, 0.2) is 42.6 Å². The molecule has 1 aliphatic heterocycles. The Labute approximate surface area is 117 Å². The van der Waals surface area contributed by atoms with E-state index in [1.807, 2.05) is 13.0 Å². The number of rotatable bonds is 1. The fourth-order valence-electron chi connectivity index (χ4n) is 1.75. The van der Waals surface area contributed by atoms with Crippen LogP contribution in [0.1, 0.15) is 5.56 Å². The van der Waals surface area contributed by atoms with Crippen LogP contribution in [-0.2, 0) is 0 Å². The Morgan fingerprint density at radius 3 is 2.56 bits per heavy atom. The van der Waals surface area contributed by atoms with Crippen molar-refractivity contribution in [2.45, 2.75) is 19.1 Å². The normalized spacial score (nSPS) is 19.4. The van der Waals surface area contributed by atoms with Crippen LogP contribution >= 0.6 is 22.6 Å². The average Bonchev–Trinajstić information content (AvgIpc) is 2.32. The van der Waals surface area contributed by atoms with Gasteiger partial charge in [0.15, 0.2) is 0 Å². The summed E-state index contributed by atoms with van der Waals surface area (Å²) in [6, 6.07) is 3.70. The standard InChI is InChI=1S/C13H11F3IN/c1-9-5-6-10(8-11(9)17)18-7-3-2-4-12(18)13(14,15)16/h2-8,12H,1H3. The molecule has 1 nitrogen and oxygen atoms in total. The average molecular weight is 365 g/mol. The van der Waals surface area contributed by atoms with Crippen LogP contribution in [0.2, 0.25) is 0 Å². The lowest BCUT2D eigenvalue weighted by Crippen LogP contribution is -2.42. The van der Waals surface area contributed by atoms with Crippen molar-refractivity contribution >= 4 is 28.3 Å². The highest BCUT2D eigenvalue weighted by molar-refractivity contribution is 14.1. The highest BCUT2D eigenvalue weighted by atomic mass is 127. The summed E-state index contributed by atoms with van der Waals surface area (Å²) < 4.78 is 39.7. The number of hydrogen-bond acceptors (Lipinski definition) is 1. The molecule has 18 heavy (non-hydrogen) atoms. The van der Waals surface area contributed by atoms with E-state index in [-0.39, 0.29) is 0 Å². The van der Waals surface area contributed by atoms with Crippen molar-refractivity contribution in [3.8, 4) is 0 Å². The molecule has 0 saturated heterocycles. The zero-order chi connectivity index (χ0) is 13.3. The SMILES string of the molecule is Cc1ccc(N2C=CC=CC2C(F)(F)F)cc1I. The molecule has 0 aliphatic carbocycles. The Morgan fingerprint density at radius 2 is 1.94 bits per heavy atom. The van der Waals surface area contributed by atoms with E-state index >= 15 is 0 Å². The lowest BCUT2D eigenvalue weighted by atomic mass is 10.1. The van der Waals surface area contributed by atoms with E-state index in [1.54, 1.807) is 18.2 Å². The Balaban J connectivity index is 2.38. The van der Waals surface area contributed by atoms with Crippen molar-refractivity contribution in [2.75, 3.05) is 4.90 Å². The van der Waals surface area contributed by atoms with Crippen molar-refractivity contribution in [1.82, 2.24) is 0 Å². The Bertz CT molecular complexity index is 505. The first-order valence-electron chi connectivity index (χ1n) is 5.36. The van der Waals surface area contributed by atoms with Gasteiger partial charge in [-0.15, -0.1) is 0 Å². The lowest BCUT2D eigenvalue weighted by Gasteiger charge is -2.32. The largest absolute Gasteiger partial charge is 0.412 e. The molecule has 1 aromatic carbocycles. The van der Waals surface area contributed by atoms with Gasteiger partial charge in [-0.05, 0) is 53.3 Å². The summed E-state index contributed by atoms with van der Waals surface area (Å²) in [7, 11) is 0. The van der Waals surface area contributed by atoms with Crippen LogP contribution in [0, 0.1) is 10.5 Å². The molecule has 96 valence electrons. The first-order valence-corrected chi connectivity index (χ1v) is 6.43. The number of halogens is 4. The zero-order valence-corrected chi connectivity index (χ0v) is 11.7. The number of allylic oxidation sites excluding steroid dienone is 2. The predicted molar refractivity (Wildman–Crippen MR) is 74.5 cm³/mol. The maximum absolute atomic E-state index is 12.9. The van der Waals surface area contributed by atoms with Gasteiger partial charge in [0.1, 0.15) is 6.04 Å². The molecule has 0 radical (unpaired) electrons. The lowest BCUT2D eigenvalue weighted by molar-refractivity contribution is -0.136. The molecule has 1 heterocycles. The maximum Gasteiger partial charge on any atom is 0.412 e. The summed E-state index contributed by atoms with van der Waals surface area (Å²) in [5.74, 6) is 0. The smallest absolute Gasteiger partial charge is 0.332 e. The van der Waals surface area contributed by atoms with Crippen LogP contribution in [0.4, 0.5) is 18.9 Å². The van der Waals surface area contributed by atoms with Crippen LogP contribution in [-0.4, -0.2) is 12.2 Å². The fourth-order valence-corrected chi connectivity index (χ4v) is 2.25. The van der Waals surface area contributed by atoms with Gasteiger partial charge in [-0.2, -0.15) is 13.2 Å². The van der Waals surface area contributed by atoms with E-state index in [4.69, 9.17) is 0 Å². The molecule has 5 heteroatoms. The zero-order valence-electron chi connectivity index (χ0n) is 9.58. The van der Waals surface area contributed by atoms with Crippen LogP contribution < -0.4 is 4.90 Å². The molecule has 0 aromatic heterocycles. The van der Waals surface area contributed by atoms with Crippen LogP contribution in [0.25, 0.3) is 0 Å². The molecular formula is C13H11F3IN. The third-order valence-electron chi connectivity index (χ3n) is 2.74. The molecule has 2 rings (SSSR count). The van der Waals surface area contributed by atoms with E-state index in [0.717, 1.165) is 15.2 Å². The fraction of sp³-hybridized carbons (Fsp3) is 0.231. The molecular weight excluding hydrogens is 354 g/mol. The van der Waals surface area contributed by atoms with Crippen LogP contribution in [0.3, 0.4) is 0 Å². The van der Waals surface area contributed by atoms with Gasteiger partial charge in [0, 0.05) is 15.5 Å². The van der Waals surface area contributed by atoms with Gasteiger partial charge in [0.2, 0.25) is 0 Å². The molecule has 0 fully saturated rings. The number of hydrogen-bond donors (Lipinski definition) is 0. The molecule has 0 saturated carbocycles. The summed E-state index contributed by atoms with van der Waals surface area (Å²) in [5.41, 5.74) is 1.60. The van der Waals surface area contributed by atoms with Gasteiger partial charge in [-0.3, -0.25) is 0 Å². The second kappa shape index (κ2) is 4.95. The van der Waals surface area contributed by atoms with Crippen molar-refractivity contribution in [2.24, 2.45) is 0 Å². The molecule has 1 unspecified atom stereocenters. The minimum absolute atomic E-state index is 0.549. The van der Waals surface area contributed by atoms with Gasteiger partial charge in [-0.1, -0.05) is 18.2 Å². The Hall–Kier alpha value is -0.980. The number of alkyl halides is 3. The monoisotopic (exact) mass is 365 g/mol. The number of nitrogens with zero attached hydrogens (tertiary/aromatic N) is 1. The predicted octanol–water partition coefficient (Wildman–Crippen LogP) is 4.42.